The van der Waals surface area contributed by atoms with E-state index >= 15 is 0 Å². The monoisotopic (exact) mass is 275 g/mol. The second kappa shape index (κ2) is 5.61. The number of carbonyl (C=O) groups excluding carboxylic acids is 1. The maximum atomic E-state index is 12.9. The molecule has 2 aromatic rings. The summed E-state index contributed by atoms with van der Waals surface area (Å²) in [6, 6.07) is 9.97. The number of benzene rings is 2. The number of phenolic OH excluding ortho intramolecular Hbond substituents is 1. The molecule has 2 aromatic carbocycles. The minimum Gasteiger partial charge on any atom is -0.507 e. The number of nitrogens with zero attached hydrogens (tertiary/aromatic N) is 1. The van der Waals surface area contributed by atoms with Crippen molar-refractivity contribution < 1.29 is 19.0 Å². The van der Waals surface area contributed by atoms with Crippen molar-refractivity contribution in [1.82, 2.24) is 0 Å². The predicted octanol–water partition coefficient (Wildman–Crippen LogP) is 2.82. The van der Waals surface area contributed by atoms with Crippen LogP contribution in [0.3, 0.4) is 0 Å². The molecule has 1 N–H and O–H groups in total. The Bertz CT molecular complexity index is 626. The van der Waals surface area contributed by atoms with Gasteiger partial charge in [0.1, 0.15) is 17.3 Å². The summed E-state index contributed by atoms with van der Waals surface area (Å²) >= 11 is 0. The normalized spacial score (nSPS) is 10.2. The summed E-state index contributed by atoms with van der Waals surface area (Å²) in [6.07, 6.45) is 0. The Morgan fingerprint density at radius 3 is 2.40 bits per heavy atom. The first-order valence-electron chi connectivity index (χ1n) is 5.93. The summed E-state index contributed by atoms with van der Waals surface area (Å²) in [5.74, 6) is -0.467. The predicted molar refractivity (Wildman–Crippen MR) is 73.8 cm³/mol. The topological polar surface area (TPSA) is 49.8 Å². The van der Waals surface area contributed by atoms with Crippen molar-refractivity contribution in [1.29, 1.82) is 0 Å². The summed E-state index contributed by atoms with van der Waals surface area (Å²) in [5, 5.41) is 9.85. The lowest BCUT2D eigenvalue weighted by Gasteiger charge is -2.18. The van der Waals surface area contributed by atoms with Gasteiger partial charge in [-0.25, -0.2) is 4.39 Å². The highest BCUT2D eigenvalue weighted by molar-refractivity contribution is 6.07. The fraction of sp³-hybridized carbons (Fsp3) is 0.133. The Morgan fingerprint density at radius 2 is 1.85 bits per heavy atom. The molecule has 0 saturated heterocycles. The lowest BCUT2D eigenvalue weighted by atomic mass is 10.1. The molecule has 20 heavy (non-hydrogen) atoms. The molecule has 0 unspecified atom stereocenters. The molecule has 0 radical (unpaired) electrons. The Balaban J connectivity index is 2.28. The molecule has 0 aliphatic carbocycles. The van der Waals surface area contributed by atoms with Crippen LogP contribution in [0.1, 0.15) is 10.4 Å². The third-order valence-electron chi connectivity index (χ3n) is 2.95. The van der Waals surface area contributed by atoms with Gasteiger partial charge in [0.2, 0.25) is 0 Å². The number of carbonyl (C=O) groups is 1. The minimum absolute atomic E-state index is 0.151. The van der Waals surface area contributed by atoms with Gasteiger partial charge in [0.15, 0.2) is 0 Å². The molecule has 0 saturated carbocycles. The average Bonchev–Trinajstić information content (AvgIpc) is 2.46. The lowest BCUT2D eigenvalue weighted by Crippen LogP contribution is -2.26. The summed E-state index contributed by atoms with van der Waals surface area (Å²) in [4.78, 5) is 13.6. The van der Waals surface area contributed by atoms with Crippen molar-refractivity contribution in [2.45, 2.75) is 0 Å². The maximum Gasteiger partial charge on any atom is 0.261 e. The van der Waals surface area contributed by atoms with Crippen molar-refractivity contribution in [3.8, 4) is 11.5 Å². The standard InChI is InChI=1S/C15H14FNO3/c1-17(11-5-3-10(16)4-6-11)15(19)13-8-7-12(20-2)9-14(13)18/h3-9,18H,1-2H3. The van der Waals surface area contributed by atoms with Crippen LogP contribution in [0.2, 0.25) is 0 Å². The number of aromatic hydroxyl groups is 1. The van der Waals surface area contributed by atoms with Crippen LogP contribution in [-0.4, -0.2) is 25.2 Å². The maximum absolute atomic E-state index is 12.9. The molecule has 0 aliphatic rings. The van der Waals surface area contributed by atoms with E-state index in [4.69, 9.17) is 4.74 Å². The lowest BCUT2D eigenvalue weighted by molar-refractivity contribution is 0.0990. The Labute approximate surface area is 116 Å². The fourth-order valence-electron chi connectivity index (χ4n) is 1.78. The van der Waals surface area contributed by atoms with E-state index in [9.17, 15) is 14.3 Å². The van der Waals surface area contributed by atoms with E-state index in [1.54, 1.807) is 13.1 Å². The van der Waals surface area contributed by atoms with E-state index in [-0.39, 0.29) is 17.1 Å². The SMILES string of the molecule is COc1ccc(C(=O)N(C)c2ccc(F)cc2)c(O)c1. The Morgan fingerprint density at radius 1 is 1.20 bits per heavy atom. The summed E-state index contributed by atoms with van der Waals surface area (Å²) in [7, 11) is 3.03. The molecular formula is C15H14FNO3. The van der Waals surface area contributed by atoms with E-state index in [1.165, 1.54) is 48.4 Å². The van der Waals surface area contributed by atoms with E-state index in [0.717, 1.165) is 0 Å². The summed E-state index contributed by atoms with van der Waals surface area (Å²) in [5.41, 5.74) is 0.684. The summed E-state index contributed by atoms with van der Waals surface area (Å²) in [6.45, 7) is 0. The number of amides is 1. The Hall–Kier alpha value is -2.56. The molecular weight excluding hydrogens is 261 g/mol. The molecule has 4 nitrogen and oxygen atoms in total. The van der Waals surface area contributed by atoms with Crippen LogP contribution >= 0.6 is 0 Å². The number of phenols is 1. The summed E-state index contributed by atoms with van der Waals surface area (Å²) < 4.78 is 17.8. The van der Waals surface area contributed by atoms with Crippen LogP contribution in [0.4, 0.5) is 10.1 Å². The molecule has 0 aliphatic heterocycles. The smallest absolute Gasteiger partial charge is 0.261 e. The fourth-order valence-corrected chi connectivity index (χ4v) is 1.78. The number of ether oxygens (including phenoxy) is 1. The van der Waals surface area contributed by atoms with Gasteiger partial charge in [0, 0.05) is 18.8 Å². The first-order valence-corrected chi connectivity index (χ1v) is 5.93. The largest absolute Gasteiger partial charge is 0.507 e. The first-order chi connectivity index (χ1) is 9.52. The highest BCUT2D eigenvalue weighted by Gasteiger charge is 2.17. The highest BCUT2D eigenvalue weighted by atomic mass is 19.1. The van der Waals surface area contributed by atoms with Gasteiger partial charge in [-0.1, -0.05) is 0 Å². The second-order valence-corrected chi connectivity index (χ2v) is 4.22. The number of rotatable bonds is 3. The van der Waals surface area contributed by atoms with Crippen LogP contribution in [0.5, 0.6) is 11.5 Å². The molecule has 0 fully saturated rings. The van der Waals surface area contributed by atoms with Crippen molar-refractivity contribution >= 4 is 11.6 Å². The second-order valence-electron chi connectivity index (χ2n) is 4.22. The van der Waals surface area contributed by atoms with Crippen LogP contribution in [-0.2, 0) is 0 Å². The molecule has 1 amide bonds. The van der Waals surface area contributed by atoms with Gasteiger partial charge in [-0.05, 0) is 36.4 Å². The molecule has 2 rings (SSSR count). The zero-order valence-electron chi connectivity index (χ0n) is 11.1. The number of hydrogen-bond donors (Lipinski definition) is 1. The molecule has 0 bridgehead atoms. The number of halogens is 1. The minimum atomic E-state index is -0.392. The van der Waals surface area contributed by atoms with Crippen molar-refractivity contribution in [3.05, 3.63) is 53.8 Å². The average molecular weight is 275 g/mol. The van der Waals surface area contributed by atoms with Gasteiger partial charge in [-0.3, -0.25) is 4.79 Å². The van der Waals surface area contributed by atoms with Gasteiger partial charge >= 0.3 is 0 Å². The quantitative estimate of drug-likeness (QED) is 0.937. The van der Waals surface area contributed by atoms with Crippen LogP contribution in [0, 0.1) is 5.82 Å². The van der Waals surface area contributed by atoms with Gasteiger partial charge < -0.3 is 14.7 Å². The Kier molecular flexibility index (Phi) is 3.89. The molecule has 104 valence electrons. The third kappa shape index (κ3) is 2.71. The van der Waals surface area contributed by atoms with Crippen LogP contribution in [0.25, 0.3) is 0 Å². The van der Waals surface area contributed by atoms with E-state index in [2.05, 4.69) is 0 Å². The van der Waals surface area contributed by atoms with Gasteiger partial charge in [0.25, 0.3) is 5.91 Å². The van der Waals surface area contributed by atoms with E-state index < -0.39 is 5.91 Å². The molecule has 0 spiro atoms. The zero-order valence-corrected chi connectivity index (χ0v) is 11.1. The van der Waals surface area contributed by atoms with Gasteiger partial charge in [-0.2, -0.15) is 0 Å². The number of hydrogen-bond acceptors (Lipinski definition) is 3. The first kappa shape index (κ1) is 13.9. The van der Waals surface area contributed by atoms with Crippen molar-refractivity contribution in [2.75, 3.05) is 19.1 Å². The molecule has 0 aromatic heterocycles. The van der Waals surface area contributed by atoms with E-state index in [0.29, 0.717) is 11.4 Å². The van der Waals surface area contributed by atoms with Crippen LogP contribution in [0.15, 0.2) is 42.5 Å². The molecule has 5 heteroatoms. The number of anilines is 1. The molecule has 0 atom stereocenters. The van der Waals surface area contributed by atoms with Crippen molar-refractivity contribution in [3.63, 3.8) is 0 Å². The van der Waals surface area contributed by atoms with Crippen molar-refractivity contribution in [2.24, 2.45) is 0 Å². The van der Waals surface area contributed by atoms with Crippen LogP contribution < -0.4 is 9.64 Å². The third-order valence-corrected chi connectivity index (χ3v) is 2.95. The van der Waals surface area contributed by atoms with Gasteiger partial charge in [-0.15, -0.1) is 0 Å². The number of methoxy groups -OCH3 is 1. The highest BCUT2D eigenvalue weighted by Crippen LogP contribution is 2.26. The van der Waals surface area contributed by atoms with E-state index in [1.807, 2.05) is 0 Å². The van der Waals surface area contributed by atoms with Gasteiger partial charge in [0.05, 0.1) is 12.7 Å². The molecule has 0 heterocycles. The zero-order chi connectivity index (χ0) is 14.7.